The van der Waals surface area contributed by atoms with Crippen LogP contribution in [0.3, 0.4) is 0 Å². The van der Waals surface area contributed by atoms with E-state index in [9.17, 15) is 15.4 Å². The minimum absolute atomic E-state index is 0.0371. The zero-order chi connectivity index (χ0) is 16.8. The average molecular weight is 420 g/mol. The Morgan fingerprint density at radius 1 is 1.39 bits per heavy atom. The molecule has 23 heavy (non-hydrogen) atoms. The third kappa shape index (κ3) is 4.29. The fourth-order valence-corrected chi connectivity index (χ4v) is 2.71. The second kappa shape index (κ2) is 7.74. The van der Waals surface area contributed by atoms with Gasteiger partial charge in [-0.2, -0.15) is 5.26 Å². The number of nitro groups is 1. The highest BCUT2D eigenvalue weighted by atomic mass is 127. The van der Waals surface area contributed by atoms with Gasteiger partial charge >= 0.3 is 0 Å². The molecule has 0 N–H and O–H groups in total. The van der Waals surface area contributed by atoms with Gasteiger partial charge in [-0.15, -0.1) is 0 Å². The second-order valence-corrected chi connectivity index (χ2v) is 5.76. The Morgan fingerprint density at radius 3 is 2.78 bits per heavy atom. The molecule has 0 unspecified atom stereocenters. The summed E-state index contributed by atoms with van der Waals surface area (Å²) in [5.41, 5.74) is 1.69. The van der Waals surface area contributed by atoms with E-state index in [0.717, 1.165) is 14.9 Å². The van der Waals surface area contributed by atoms with E-state index in [-0.39, 0.29) is 5.69 Å². The van der Waals surface area contributed by atoms with Crippen molar-refractivity contribution in [2.75, 3.05) is 6.61 Å². The second-order valence-electron chi connectivity index (χ2n) is 4.60. The molecular formula is C17H13IN2O3. The van der Waals surface area contributed by atoms with Crippen LogP contribution in [0.4, 0.5) is 5.69 Å². The van der Waals surface area contributed by atoms with E-state index in [1.54, 1.807) is 18.2 Å². The Labute approximate surface area is 147 Å². The molecule has 0 aliphatic heterocycles. The van der Waals surface area contributed by atoms with E-state index in [0.29, 0.717) is 17.7 Å². The maximum absolute atomic E-state index is 10.9. The van der Waals surface area contributed by atoms with Crippen LogP contribution in [0.1, 0.15) is 18.1 Å². The van der Waals surface area contributed by atoms with Gasteiger partial charge in [0, 0.05) is 12.1 Å². The van der Waals surface area contributed by atoms with Gasteiger partial charge in [0.15, 0.2) is 0 Å². The number of allylic oxidation sites excluding steroid dienone is 1. The minimum Gasteiger partial charge on any atom is -0.493 e. The zero-order valence-electron chi connectivity index (χ0n) is 12.3. The number of benzene rings is 2. The van der Waals surface area contributed by atoms with Crippen LogP contribution in [0.2, 0.25) is 0 Å². The zero-order valence-corrected chi connectivity index (χ0v) is 14.5. The molecule has 0 amide bonds. The topological polar surface area (TPSA) is 76.2 Å². The molecule has 0 heterocycles. The van der Waals surface area contributed by atoms with Crippen LogP contribution in [0.25, 0.3) is 11.6 Å². The third-order valence-corrected chi connectivity index (χ3v) is 3.90. The van der Waals surface area contributed by atoms with Crippen molar-refractivity contribution in [2.24, 2.45) is 0 Å². The number of nitro benzene ring substituents is 1. The summed E-state index contributed by atoms with van der Waals surface area (Å²) < 4.78 is 6.42. The third-order valence-electron chi connectivity index (χ3n) is 3.06. The normalized spacial score (nSPS) is 10.9. The molecule has 0 aliphatic carbocycles. The largest absolute Gasteiger partial charge is 0.493 e. The average Bonchev–Trinajstić information content (AvgIpc) is 2.55. The van der Waals surface area contributed by atoms with Gasteiger partial charge in [-0.1, -0.05) is 18.2 Å². The molecule has 0 radical (unpaired) electrons. The van der Waals surface area contributed by atoms with E-state index >= 15 is 0 Å². The summed E-state index contributed by atoms with van der Waals surface area (Å²) in [7, 11) is 0. The first-order valence-corrected chi connectivity index (χ1v) is 7.92. The standard InChI is InChI=1S/C17H13IN2O3/c1-2-23-17-7-6-12(9-16(17)18)8-14(11-19)13-4-3-5-15(10-13)20(21)22/h3-10H,2H2,1H3/b14-8-. The van der Waals surface area contributed by atoms with Gasteiger partial charge in [0.1, 0.15) is 5.75 Å². The first-order valence-electron chi connectivity index (χ1n) is 6.84. The fourth-order valence-electron chi connectivity index (χ4n) is 2.01. The number of non-ortho nitro benzene ring substituents is 1. The van der Waals surface area contributed by atoms with Gasteiger partial charge in [0.25, 0.3) is 5.69 Å². The summed E-state index contributed by atoms with van der Waals surface area (Å²) in [4.78, 5) is 10.4. The number of hydrogen-bond acceptors (Lipinski definition) is 4. The maximum Gasteiger partial charge on any atom is 0.270 e. The molecule has 2 aromatic carbocycles. The monoisotopic (exact) mass is 420 g/mol. The number of halogens is 1. The molecule has 0 fully saturated rings. The smallest absolute Gasteiger partial charge is 0.270 e. The summed E-state index contributed by atoms with van der Waals surface area (Å²) in [5.74, 6) is 0.791. The predicted molar refractivity (Wildman–Crippen MR) is 96.9 cm³/mol. The Bertz CT molecular complexity index is 810. The van der Waals surface area contributed by atoms with E-state index in [4.69, 9.17) is 4.74 Å². The molecule has 2 aromatic rings. The maximum atomic E-state index is 10.9. The van der Waals surface area contributed by atoms with Crippen LogP contribution in [-0.2, 0) is 0 Å². The van der Waals surface area contributed by atoms with Crippen molar-refractivity contribution >= 4 is 39.9 Å². The molecule has 0 bridgehead atoms. The van der Waals surface area contributed by atoms with Crippen molar-refractivity contribution in [2.45, 2.75) is 6.92 Å². The van der Waals surface area contributed by atoms with Gasteiger partial charge in [0.2, 0.25) is 0 Å². The van der Waals surface area contributed by atoms with Crippen molar-refractivity contribution in [3.63, 3.8) is 0 Å². The summed E-state index contributed by atoms with van der Waals surface area (Å²) in [5, 5.41) is 20.2. The van der Waals surface area contributed by atoms with Crippen molar-refractivity contribution in [1.29, 1.82) is 5.26 Å². The van der Waals surface area contributed by atoms with E-state index in [1.807, 2.05) is 25.1 Å². The first kappa shape index (κ1) is 17.0. The Balaban J connectivity index is 2.39. The molecule has 2 rings (SSSR count). The quantitative estimate of drug-likeness (QED) is 0.232. The highest BCUT2D eigenvalue weighted by Crippen LogP contribution is 2.26. The van der Waals surface area contributed by atoms with Crippen molar-refractivity contribution in [3.8, 4) is 11.8 Å². The van der Waals surface area contributed by atoms with Crippen molar-refractivity contribution < 1.29 is 9.66 Å². The van der Waals surface area contributed by atoms with Crippen LogP contribution in [-0.4, -0.2) is 11.5 Å². The van der Waals surface area contributed by atoms with Crippen molar-refractivity contribution in [1.82, 2.24) is 0 Å². The van der Waals surface area contributed by atoms with E-state index < -0.39 is 4.92 Å². The highest BCUT2D eigenvalue weighted by molar-refractivity contribution is 14.1. The van der Waals surface area contributed by atoms with Gasteiger partial charge in [-0.25, -0.2) is 0 Å². The molecule has 0 aromatic heterocycles. The number of hydrogen-bond donors (Lipinski definition) is 0. The van der Waals surface area contributed by atoms with Gasteiger partial charge in [0.05, 0.1) is 26.7 Å². The van der Waals surface area contributed by atoms with Crippen molar-refractivity contribution in [3.05, 3.63) is 67.3 Å². The predicted octanol–water partition coefficient (Wildman–Crippen LogP) is 4.66. The van der Waals surface area contributed by atoms with Crippen LogP contribution in [0, 0.1) is 25.0 Å². The fraction of sp³-hybridized carbons (Fsp3) is 0.118. The molecule has 0 saturated heterocycles. The summed E-state index contributed by atoms with van der Waals surface area (Å²) in [6.07, 6.45) is 1.71. The molecular weight excluding hydrogens is 407 g/mol. The Morgan fingerprint density at radius 2 is 2.17 bits per heavy atom. The number of nitrogens with zero attached hydrogens (tertiary/aromatic N) is 2. The van der Waals surface area contributed by atoms with Gasteiger partial charge in [-0.3, -0.25) is 10.1 Å². The van der Waals surface area contributed by atoms with Crippen LogP contribution >= 0.6 is 22.6 Å². The lowest BCUT2D eigenvalue weighted by molar-refractivity contribution is -0.384. The number of rotatable bonds is 5. The van der Waals surface area contributed by atoms with Gasteiger partial charge in [-0.05, 0) is 58.9 Å². The van der Waals surface area contributed by atoms with E-state index in [2.05, 4.69) is 28.7 Å². The minimum atomic E-state index is -0.474. The molecule has 0 aliphatic rings. The van der Waals surface area contributed by atoms with Crippen LogP contribution < -0.4 is 4.74 Å². The lowest BCUT2D eigenvalue weighted by Crippen LogP contribution is -1.94. The van der Waals surface area contributed by atoms with Crippen LogP contribution in [0.15, 0.2) is 42.5 Å². The summed E-state index contributed by atoms with van der Waals surface area (Å²) >= 11 is 2.17. The first-order chi connectivity index (χ1) is 11.0. The van der Waals surface area contributed by atoms with E-state index in [1.165, 1.54) is 12.1 Å². The summed E-state index contributed by atoms with van der Waals surface area (Å²) in [6.45, 7) is 2.50. The molecule has 0 spiro atoms. The Kier molecular flexibility index (Phi) is 5.71. The van der Waals surface area contributed by atoms with Gasteiger partial charge < -0.3 is 4.74 Å². The molecule has 5 nitrogen and oxygen atoms in total. The molecule has 0 saturated carbocycles. The SMILES string of the molecule is CCOc1ccc(/C=C(/C#N)c2cccc([N+](=O)[O-])c2)cc1I. The van der Waals surface area contributed by atoms with Crippen LogP contribution in [0.5, 0.6) is 5.75 Å². The number of nitriles is 1. The lowest BCUT2D eigenvalue weighted by atomic mass is 10.0. The molecule has 0 atom stereocenters. The summed E-state index contributed by atoms with van der Waals surface area (Å²) in [6, 6.07) is 13.7. The molecule has 116 valence electrons. The lowest BCUT2D eigenvalue weighted by Gasteiger charge is -2.06. The molecule has 6 heteroatoms. The number of ether oxygens (including phenoxy) is 1. The highest BCUT2D eigenvalue weighted by Gasteiger charge is 2.09. The Hall–Kier alpha value is -2.40.